The zero-order valence-corrected chi connectivity index (χ0v) is 15.1. The Hall–Kier alpha value is -1.88. The van der Waals surface area contributed by atoms with Crippen molar-refractivity contribution in [1.82, 2.24) is 10.3 Å². The molecule has 1 amide bonds. The first-order chi connectivity index (χ1) is 11.7. The number of methoxy groups -OCH3 is 1. The number of benzene rings is 1. The Morgan fingerprint density at radius 1 is 1.29 bits per heavy atom. The van der Waals surface area contributed by atoms with Gasteiger partial charge in [0.25, 0.3) is 0 Å². The smallest absolute Gasteiger partial charge is 0.226 e. The van der Waals surface area contributed by atoms with E-state index in [1.54, 1.807) is 18.4 Å². The van der Waals surface area contributed by atoms with Crippen LogP contribution in [0.5, 0.6) is 5.75 Å². The highest BCUT2D eigenvalue weighted by Crippen LogP contribution is 2.26. The third kappa shape index (κ3) is 4.15. The fraction of sp³-hybridized carbons (Fsp3) is 0.474. The monoisotopic (exact) mass is 344 g/mol. The van der Waals surface area contributed by atoms with Gasteiger partial charge in [-0.05, 0) is 43.0 Å². The molecule has 0 saturated heterocycles. The molecule has 1 fully saturated rings. The number of aromatic nitrogens is 1. The summed E-state index contributed by atoms with van der Waals surface area (Å²) in [5.74, 6) is 1.49. The number of ether oxygens (including phenoxy) is 1. The van der Waals surface area contributed by atoms with Crippen LogP contribution in [-0.4, -0.2) is 24.0 Å². The fourth-order valence-electron chi connectivity index (χ4n) is 3.21. The summed E-state index contributed by atoms with van der Waals surface area (Å²) >= 11 is 1.57. The van der Waals surface area contributed by atoms with E-state index in [1.165, 1.54) is 19.3 Å². The Morgan fingerprint density at radius 2 is 2.04 bits per heavy atom. The van der Waals surface area contributed by atoms with Gasteiger partial charge in [-0.1, -0.05) is 19.8 Å². The van der Waals surface area contributed by atoms with Crippen molar-refractivity contribution in [3.8, 4) is 16.3 Å². The van der Waals surface area contributed by atoms with Crippen molar-refractivity contribution in [3.63, 3.8) is 0 Å². The molecule has 3 rings (SSSR count). The van der Waals surface area contributed by atoms with E-state index >= 15 is 0 Å². The van der Waals surface area contributed by atoms with Crippen LogP contribution in [0, 0.1) is 5.92 Å². The summed E-state index contributed by atoms with van der Waals surface area (Å²) < 4.78 is 5.17. The summed E-state index contributed by atoms with van der Waals surface area (Å²) in [5, 5.41) is 6.10. The first-order valence-corrected chi connectivity index (χ1v) is 9.42. The molecule has 1 aromatic heterocycles. The first-order valence-electron chi connectivity index (χ1n) is 8.54. The van der Waals surface area contributed by atoms with E-state index in [0.717, 1.165) is 28.4 Å². The number of carbonyl (C=O) groups excluding carboxylic acids is 1. The maximum atomic E-state index is 12.3. The van der Waals surface area contributed by atoms with Gasteiger partial charge >= 0.3 is 0 Å². The Labute approximate surface area is 147 Å². The molecule has 128 valence electrons. The summed E-state index contributed by atoms with van der Waals surface area (Å²) in [5.41, 5.74) is 1.89. The zero-order chi connectivity index (χ0) is 16.9. The van der Waals surface area contributed by atoms with Crippen molar-refractivity contribution >= 4 is 17.2 Å². The van der Waals surface area contributed by atoms with Crippen molar-refractivity contribution < 1.29 is 9.53 Å². The molecule has 0 unspecified atom stereocenters. The van der Waals surface area contributed by atoms with Gasteiger partial charge in [0, 0.05) is 17.0 Å². The van der Waals surface area contributed by atoms with Gasteiger partial charge in [0.05, 0.1) is 19.2 Å². The molecule has 0 spiro atoms. The van der Waals surface area contributed by atoms with E-state index in [9.17, 15) is 4.79 Å². The summed E-state index contributed by atoms with van der Waals surface area (Å²) in [6.07, 6.45) is 5.17. The molecule has 0 radical (unpaired) electrons. The highest BCUT2D eigenvalue weighted by Gasteiger charge is 2.23. The topological polar surface area (TPSA) is 51.2 Å². The van der Waals surface area contributed by atoms with Crippen LogP contribution in [0.15, 0.2) is 29.6 Å². The van der Waals surface area contributed by atoms with E-state index in [2.05, 4.69) is 17.2 Å². The lowest BCUT2D eigenvalue weighted by Gasteiger charge is -2.29. The van der Waals surface area contributed by atoms with Gasteiger partial charge in [-0.25, -0.2) is 4.98 Å². The molecule has 0 aliphatic heterocycles. The number of thiazole rings is 1. The molecule has 1 aromatic carbocycles. The highest BCUT2D eigenvalue weighted by molar-refractivity contribution is 7.13. The third-order valence-corrected chi connectivity index (χ3v) is 5.63. The van der Waals surface area contributed by atoms with E-state index in [1.807, 2.05) is 29.6 Å². The number of rotatable bonds is 5. The largest absolute Gasteiger partial charge is 0.497 e. The van der Waals surface area contributed by atoms with Crippen LogP contribution in [-0.2, 0) is 11.2 Å². The van der Waals surface area contributed by atoms with Crippen LogP contribution in [0.1, 0.15) is 38.3 Å². The fourth-order valence-corrected chi connectivity index (χ4v) is 4.03. The maximum absolute atomic E-state index is 12.3. The summed E-state index contributed by atoms with van der Waals surface area (Å²) in [7, 11) is 1.66. The normalized spacial score (nSPS) is 20.6. The molecule has 2 aromatic rings. The molecule has 2 atom stereocenters. The molecule has 1 saturated carbocycles. The van der Waals surface area contributed by atoms with Crippen LogP contribution in [0.3, 0.4) is 0 Å². The standard InChI is InChI=1S/C19H24N2O2S/c1-13-5-3-4-6-17(13)21-18(22)11-15-12-24-19(20-15)14-7-9-16(23-2)10-8-14/h7-10,12-13,17H,3-6,11H2,1-2H3,(H,21,22)/t13-,17+/m0/s1. The van der Waals surface area contributed by atoms with Crippen LogP contribution in [0.4, 0.5) is 0 Å². The number of amides is 1. The van der Waals surface area contributed by atoms with Crippen LogP contribution in [0.2, 0.25) is 0 Å². The quantitative estimate of drug-likeness (QED) is 0.890. The van der Waals surface area contributed by atoms with Crippen molar-refractivity contribution in [2.45, 2.75) is 45.1 Å². The molecular formula is C19H24N2O2S. The number of nitrogens with one attached hydrogen (secondary N) is 1. The predicted molar refractivity (Wildman–Crippen MR) is 97.4 cm³/mol. The highest BCUT2D eigenvalue weighted by atomic mass is 32.1. The molecule has 1 aliphatic rings. The Balaban J connectivity index is 1.59. The molecule has 1 heterocycles. The minimum atomic E-state index is 0.0836. The average Bonchev–Trinajstić information content (AvgIpc) is 3.05. The van der Waals surface area contributed by atoms with Crippen molar-refractivity contribution in [2.24, 2.45) is 5.92 Å². The van der Waals surface area contributed by atoms with Gasteiger partial charge in [-0.2, -0.15) is 0 Å². The third-order valence-electron chi connectivity index (χ3n) is 4.69. The van der Waals surface area contributed by atoms with Gasteiger partial charge in [0.1, 0.15) is 10.8 Å². The Kier molecular flexibility index (Phi) is 5.51. The van der Waals surface area contributed by atoms with Crippen molar-refractivity contribution in [3.05, 3.63) is 35.3 Å². The van der Waals surface area contributed by atoms with Gasteiger partial charge in [0.15, 0.2) is 0 Å². The van der Waals surface area contributed by atoms with E-state index in [4.69, 9.17) is 4.74 Å². The molecule has 1 aliphatic carbocycles. The zero-order valence-electron chi connectivity index (χ0n) is 14.2. The van der Waals surface area contributed by atoms with E-state index in [0.29, 0.717) is 18.4 Å². The predicted octanol–water partition coefficient (Wildman–Crippen LogP) is 4.06. The van der Waals surface area contributed by atoms with Crippen LogP contribution >= 0.6 is 11.3 Å². The minimum Gasteiger partial charge on any atom is -0.497 e. The van der Waals surface area contributed by atoms with Crippen LogP contribution in [0.25, 0.3) is 10.6 Å². The number of hydrogen-bond acceptors (Lipinski definition) is 4. The van der Waals surface area contributed by atoms with Gasteiger partial charge < -0.3 is 10.1 Å². The number of carbonyl (C=O) groups is 1. The molecular weight excluding hydrogens is 320 g/mol. The number of hydrogen-bond donors (Lipinski definition) is 1. The summed E-state index contributed by atoms with van der Waals surface area (Å²) in [6.45, 7) is 2.23. The molecule has 1 N–H and O–H groups in total. The molecule has 24 heavy (non-hydrogen) atoms. The second kappa shape index (κ2) is 7.79. The number of nitrogens with zero attached hydrogens (tertiary/aromatic N) is 1. The second-order valence-corrected chi connectivity index (χ2v) is 7.34. The van der Waals surface area contributed by atoms with Crippen molar-refractivity contribution in [1.29, 1.82) is 0 Å². The van der Waals surface area contributed by atoms with E-state index < -0.39 is 0 Å². The van der Waals surface area contributed by atoms with Gasteiger partial charge in [0.2, 0.25) is 5.91 Å². The lowest BCUT2D eigenvalue weighted by atomic mass is 9.86. The Bertz CT molecular complexity index is 681. The van der Waals surface area contributed by atoms with E-state index in [-0.39, 0.29) is 5.91 Å². The minimum absolute atomic E-state index is 0.0836. The average molecular weight is 344 g/mol. The lowest BCUT2D eigenvalue weighted by molar-refractivity contribution is -0.121. The van der Waals surface area contributed by atoms with Gasteiger partial charge in [-0.3, -0.25) is 4.79 Å². The van der Waals surface area contributed by atoms with Crippen LogP contribution < -0.4 is 10.1 Å². The second-order valence-electron chi connectivity index (χ2n) is 6.49. The maximum Gasteiger partial charge on any atom is 0.226 e. The molecule has 4 nitrogen and oxygen atoms in total. The molecule has 5 heteroatoms. The van der Waals surface area contributed by atoms with Crippen molar-refractivity contribution in [2.75, 3.05) is 7.11 Å². The summed E-state index contributed by atoms with van der Waals surface area (Å²) in [6, 6.07) is 8.16. The first kappa shape index (κ1) is 17.0. The lowest BCUT2D eigenvalue weighted by Crippen LogP contribution is -2.41. The Morgan fingerprint density at radius 3 is 2.75 bits per heavy atom. The molecule has 0 bridgehead atoms. The van der Waals surface area contributed by atoms with Gasteiger partial charge in [-0.15, -0.1) is 11.3 Å². The summed E-state index contributed by atoms with van der Waals surface area (Å²) in [4.78, 5) is 16.9. The SMILES string of the molecule is COc1ccc(-c2nc(CC(=O)N[C@@H]3CCCC[C@@H]3C)cs2)cc1.